The van der Waals surface area contributed by atoms with Crippen LogP contribution in [0.5, 0.6) is 0 Å². The maximum Gasteiger partial charge on any atom is 0.303 e. The zero-order chi connectivity index (χ0) is 12.2. The molecular weight excluding hydrogens is 220 g/mol. The first-order chi connectivity index (χ1) is 7.37. The fourth-order valence-electron chi connectivity index (χ4n) is 1.20. The van der Waals surface area contributed by atoms with Crippen LogP contribution in [0.15, 0.2) is 12.2 Å². The summed E-state index contributed by atoms with van der Waals surface area (Å²) in [6.45, 7) is 8.35. The van der Waals surface area contributed by atoms with Gasteiger partial charge in [0.15, 0.2) is 0 Å². The summed E-state index contributed by atoms with van der Waals surface area (Å²) >= 11 is 0. The van der Waals surface area contributed by atoms with Crippen LogP contribution in [-0.2, 0) is 14.3 Å². The fourth-order valence-corrected chi connectivity index (χ4v) is 1.77. The Kier molecular flexibility index (Phi) is 4.33. The summed E-state index contributed by atoms with van der Waals surface area (Å²) in [6.07, 6.45) is 3.28. The zero-order valence-corrected chi connectivity index (χ0v) is 11.2. The van der Waals surface area contributed by atoms with Crippen molar-refractivity contribution >= 4 is 14.0 Å². The molecule has 2 atom stereocenters. The summed E-state index contributed by atoms with van der Waals surface area (Å²) < 4.78 is 10.5. The van der Waals surface area contributed by atoms with E-state index in [-0.39, 0.29) is 18.2 Å². The molecule has 4 heteroatoms. The van der Waals surface area contributed by atoms with Crippen LogP contribution in [0.3, 0.4) is 0 Å². The van der Waals surface area contributed by atoms with Crippen molar-refractivity contribution in [1.29, 1.82) is 0 Å². The van der Waals surface area contributed by atoms with Gasteiger partial charge in [-0.25, -0.2) is 0 Å². The minimum atomic E-state index is -1.34. The highest BCUT2D eigenvalue weighted by Gasteiger charge is 2.17. The lowest BCUT2D eigenvalue weighted by Crippen LogP contribution is -2.28. The predicted octanol–water partition coefficient (Wildman–Crippen LogP) is 1.75. The molecule has 0 saturated heterocycles. The zero-order valence-electron chi connectivity index (χ0n) is 10.2. The Bertz CT molecular complexity index is 344. The van der Waals surface area contributed by atoms with E-state index >= 15 is 0 Å². The normalized spacial score (nSPS) is 24.5. The second-order valence-corrected chi connectivity index (χ2v) is 9.56. The van der Waals surface area contributed by atoms with Crippen molar-refractivity contribution in [2.45, 2.75) is 38.8 Å². The summed E-state index contributed by atoms with van der Waals surface area (Å²) in [5.74, 6) is 2.81. The quantitative estimate of drug-likeness (QED) is 0.302. The Balaban J connectivity index is 2.51. The third kappa shape index (κ3) is 5.15. The van der Waals surface area contributed by atoms with E-state index in [0.717, 1.165) is 0 Å². The number of ether oxygens (including phenoxy) is 2. The number of carbonyl (C=O) groups is 1. The molecule has 3 nitrogen and oxygen atoms in total. The van der Waals surface area contributed by atoms with Crippen LogP contribution < -0.4 is 0 Å². The molecule has 1 heterocycles. The number of esters is 1. The van der Waals surface area contributed by atoms with Gasteiger partial charge in [-0.3, -0.25) is 4.79 Å². The Morgan fingerprint density at radius 1 is 1.44 bits per heavy atom. The molecule has 1 rings (SSSR count). The van der Waals surface area contributed by atoms with E-state index in [1.807, 2.05) is 12.2 Å². The third-order valence-electron chi connectivity index (χ3n) is 1.85. The van der Waals surface area contributed by atoms with Crippen molar-refractivity contribution in [2.24, 2.45) is 0 Å². The number of hydrogen-bond donors (Lipinski definition) is 0. The van der Waals surface area contributed by atoms with Crippen LogP contribution in [0.2, 0.25) is 19.6 Å². The van der Waals surface area contributed by atoms with Gasteiger partial charge < -0.3 is 9.47 Å². The molecule has 0 aliphatic carbocycles. The van der Waals surface area contributed by atoms with E-state index < -0.39 is 8.07 Å². The average Bonchev–Trinajstić information content (AvgIpc) is 2.14. The van der Waals surface area contributed by atoms with Crippen molar-refractivity contribution in [3.63, 3.8) is 0 Å². The Labute approximate surface area is 97.8 Å². The topological polar surface area (TPSA) is 35.5 Å². The van der Waals surface area contributed by atoms with Gasteiger partial charge in [-0.1, -0.05) is 25.6 Å². The maximum atomic E-state index is 10.7. The molecular formula is C12H18O3Si. The molecule has 0 N–H and O–H groups in total. The van der Waals surface area contributed by atoms with Gasteiger partial charge in [-0.15, -0.1) is 5.54 Å². The van der Waals surface area contributed by atoms with Crippen molar-refractivity contribution in [1.82, 2.24) is 0 Å². The van der Waals surface area contributed by atoms with E-state index in [1.54, 1.807) is 0 Å². The highest BCUT2D eigenvalue weighted by atomic mass is 28.3. The van der Waals surface area contributed by atoms with Crippen molar-refractivity contribution < 1.29 is 14.3 Å². The van der Waals surface area contributed by atoms with E-state index in [2.05, 4.69) is 31.1 Å². The van der Waals surface area contributed by atoms with E-state index in [1.165, 1.54) is 6.92 Å². The Morgan fingerprint density at radius 2 is 2.12 bits per heavy atom. The number of carbonyl (C=O) groups excluding carboxylic acids is 1. The largest absolute Gasteiger partial charge is 0.456 e. The summed E-state index contributed by atoms with van der Waals surface area (Å²) in [7, 11) is -1.34. The molecule has 0 aromatic heterocycles. The van der Waals surface area contributed by atoms with Gasteiger partial charge >= 0.3 is 5.97 Å². The second kappa shape index (κ2) is 5.33. The molecule has 1 aliphatic rings. The minimum Gasteiger partial charge on any atom is -0.456 e. The SMILES string of the molecule is CC(=O)O[C@@H]1C=C[C@@H](C#C[Si](C)(C)C)OC1. The van der Waals surface area contributed by atoms with E-state index in [0.29, 0.717) is 6.61 Å². The fraction of sp³-hybridized carbons (Fsp3) is 0.583. The Hall–Kier alpha value is -1.05. The van der Waals surface area contributed by atoms with Crippen LogP contribution >= 0.6 is 0 Å². The van der Waals surface area contributed by atoms with Crippen LogP contribution in [0.4, 0.5) is 0 Å². The molecule has 0 aromatic rings. The lowest BCUT2D eigenvalue weighted by molar-refractivity contribution is -0.147. The lowest BCUT2D eigenvalue weighted by atomic mass is 10.2. The molecule has 0 radical (unpaired) electrons. The van der Waals surface area contributed by atoms with Crippen molar-refractivity contribution in [3.8, 4) is 11.5 Å². The van der Waals surface area contributed by atoms with Crippen LogP contribution in [-0.4, -0.2) is 32.9 Å². The van der Waals surface area contributed by atoms with Crippen LogP contribution in [0.25, 0.3) is 0 Å². The molecule has 88 valence electrons. The first-order valence-corrected chi connectivity index (χ1v) is 8.87. The summed E-state index contributed by atoms with van der Waals surface area (Å²) in [5, 5.41) is 0. The first-order valence-electron chi connectivity index (χ1n) is 5.37. The molecule has 1 aliphatic heterocycles. The van der Waals surface area contributed by atoms with Gasteiger partial charge in [-0.05, 0) is 12.2 Å². The molecule has 0 aromatic carbocycles. The smallest absolute Gasteiger partial charge is 0.303 e. The standard InChI is InChI=1S/C12H18O3Si/c1-10(13)15-12-6-5-11(14-9-12)7-8-16(2,3)4/h5-6,11-12H,9H2,1-4H3/t11-,12+/m0/s1. The van der Waals surface area contributed by atoms with Gasteiger partial charge in [0, 0.05) is 6.92 Å². The molecule has 0 fully saturated rings. The van der Waals surface area contributed by atoms with Gasteiger partial charge in [-0.2, -0.15) is 0 Å². The monoisotopic (exact) mass is 238 g/mol. The molecule has 16 heavy (non-hydrogen) atoms. The highest BCUT2D eigenvalue weighted by Crippen LogP contribution is 2.08. The average molecular weight is 238 g/mol. The van der Waals surface area contributed by atoms with Crippen molar-refractivity contribution in [2.75, 3.05) is 6.61 Å². The van der Waals surface area contributed by atoms with Crippen LogP contribution in [0.1, 0.15) is 6.92 Å². The van der Waals surface area contributed by atoms with Crippen LogP contribution in [0, 0.1) is 11.5 Å². The summed E-state index contributed by atoms with van der Waals surface area (Å²) in [5.41, 5.74) is 3.25. The second-order valence-electron chi connectivity index (χ2n) is 4.81. The maximum absolute atomic E-state index is 10.7. The highest BCUT2D eigenvalue weighted by molar-refractivity contribution is 6.83. The van der Waals surface area contributed by atoms with E-state index in [4.69, 9.17) is 9.47 Å². The van der Waals surface area contributed by atoms with Gasteiger partial charge in [0.25, 0.3) is 0 Å². The molecule has 0 bridgehead atoms. The predicted molar refractivity (Wildman–Crippen MR) is 65.6 cm³/mol. The summed E-state index contributed by atoms with van der Waals surface area (Å²) in [6, 6.07) is 0. The van der Waals surface area contributed by atoms with Gasteiger partial charge in [0.1, 0.15) is 20.3 Å². The third-order valence-corrected chi connectivity index (χ3v) is 2.74. The lowest BCUT2D eigenvalue weighted by Gasteiger charge is -2.20. The molecule has 0 spiro atoms. The van der Waals surface area contributed by atoms with Gasteiger partial charge in [0.2, 0.25) is 0 Å². The van der Waals surface area contributed by atoms with E-state index in [9.17, 15) is 4.79 Å². The Morgan fingerprint density at radius 3 is 2.56 bits per heavy atom. The molecule has 0 saturated carbocycles. The summed E-state index contributed by atoms with van der Waals surface area (Å²) in [4.78, 5) is 10.7. The first kappa shape index (κ1) is 13.0. The number of hydrogen-bond acceptors (Lipinski definition) is 3. The van der Waals surface area contributed by atoms with Crippen molar-refractivity contribution in [3.05, 3.63) is 12.2 Å². The molecule has 0 unspecified atom stereocenters. The molecule has 0 amide bonds. The minimum absolute atomic E-state index is 0.154. The van der Waals surface area contributed by atoms with Gasteiger partial charge in [0.05, 0.1) is 6.61 Å². The number of rotatable bonds is 1.